The van der Waals surface area contributed by atoms with E-state index >= 15 is 0 Å². The van der Waals surface area contributed by atoms with Crippen LogP contribution < -0.4 is 0 Å². The lowest BCUT2D eigenvalue weighted by Crippen LogP contribution is -1.79. The van der Waals surface area contributed by atoms with E-state index < -0.39 is 0 Å². The zero-order chi connectivity index (χ0) is 6.69. The Morgan fingerprint density at radius 1 is 1.67 bits per heavy atom. The van der Waals surface area contributed by atoms with Crippen molar-refractivity contribution in [3.05, 3.63) is 20.8 Å². The lowest BCUT2D eigenvalue weighted by atomic mass is 10.4. The number of rotatable bonds is 2. The summed E-state index contributed by atoms with van der Waals surface area (Å²) in [5.41, 5.74) is 0. The quantitative estimate of drug-likeness (QED) is 0.732. The maximum absolute atomic E-state index is 4.14. The largest absolute Gasteiger partial charge is 0.179 e. The molecule has 1 heterocycles. The van der Waals surface area contributed by atoms with E-state index in [-0.39, 0.29) is 0 Å². The van der Waals surface area contributed by atoms with Gasteiger partial charge < -0.3 is 0 Å². The predicted octanol–water partition coefficient (Wildman–Crippen LogP) is 2.98. The second-order valence-electron chi connectivity index (χ2n) is 1.67. The number of hydrogen-bond acceptors (Lipinski definition) is 2. The number of halogens is 1. The van der Waals surface area contributed by atoms with Gasteiger partial charge in [0.15, 0.2) is 0 Å². The normalized spacial score (nSPS) is 10.0. The third-order valence-corrected chi connectivity index (χ3v) is 3.24. The van der Waals surface area contributed by atoms with Crippen LogP contribution >= 0.6 is 39.9 Å². The molecule has 0 fully saturated rings. The van der Waals surface area contributed by atoms with E-state index in [0.717, 1.165) is 12.2 Å². The molecule has 0 saturated heterocycles. The molecule has 0 N–H and O–H groups in total. The van der Waals surface area contributed by atoms with Crippen LogP contribution in [0, 0.1) is 0 Å². The van der Waals surface area contributed by atoms with Crippen LogP contribution in [0.4, 0.5) is 0 Å². The molecule has 0 saturated carbocycles. The van der Waals surface area contributed by atoms with Crippen molar-refractivity contribution in [2.45, 2.75) is 6.42 Å². The van der Waals surface area contributed by atoms with Crippen LogP contribution in [0.1, 0.15) is 4.88 Å². The lowest BCUT2D eigenvalue weighted by Gasteiger charge is -1.90. The van der Waals surface area contributed by atoms with Gasteiger partial charge in [0.1, 0.15) is 0 Å². The number of hydrogen-bond donors (Lipinski definition) is 1. The monoisotopic (exact) mass is 222 g/mol. The predicted molar refractivity (Wildman–Crippen MR) is 49.6 cm³/mol. The smallest absolute Gasteiger partial charge is 0.0314 e. The first-order valence-electron chi connectivity index (χ1n) is 2.67. The van der Waals surface area contributed by atoms with Crippen LogP contribution in [0.2, 0.25) is 0 Å². The number of thiophene rings is 1. The average molecular weight is 223 g/mol. The molecule has 0 aliphatic carbocycles. The summed E-state index contributed by atoms with van der Waals surface area (Å²) in [7, 11) is 0. The first kappa shape index (κ1) is 7.63. The van der Waals surface area contributed by atoms with Gasteiger partial charge in [-0.2, -0.15) is 12.6 Å². The first-order chi connectivity index (χ1) is 4.34. The van der Waals surface area contributed by atoms with Crippen molar-refractivity contribution in [3.63, 3.8) is 0 Å². The number of aryl methyl sites for hydroxylation is 1. The van der Waals surface area contributed by atoms with Gasteiger partial charge in [-0.25, -0.2) is 0 Å². The third kappa shape index (κ3) is 1.99. The first-order valence-corrected chi connectivity index (χ1v) is 4.98. The lowest BCUT2D eigenvalue weighted by molar-refractivity contribution is 1.20. The van der Waals surface area contributed by atoms with Crippen molar-refractivity contribution >= 4 is 39.9 Å². The Bertz CT molecular complexity index is 183. The molecule has 0 atom stereocenters. The second kappa shape index (κ2) is 3.64. The minimum absolute atomic E-state index is 0.930. The minimum atomic E-state index is 0.930. The minimum Gasteiger partial charge on any atom is -0.179 e. The Morgan fingerprint density at radius 3 is 2.89 bits per heavy atom. The summed E-state index contributed by atoms with van der Waals surface area (Å²) in [6, 6.07) is 2.07. The molecule has 9 heavy (non-hydrogen) atoms. The average Bonchev–Trinajstić information content (AvgIpc) is 2.18. The summed E-state index contributed by atoms with van der Waals surface area (Å²) in [4.78, 5) is 1.39. The summed E-state index contributed by atoms with van der Waals surface area (Å²) in [5, 5.41) is 2.09. The van der Waals surface area contributed by atoms with Gasteiger partial charge in [0.05, 0.1) is 0 Å². The molecule has 0 aliphatic heterocycles. The molecule has 0 nitrogen and oxygen atoms in total. The van der Waals surface area contributed by atoms with E-state index in [0.29, 0.717) is 0 Å². The van der Waals surface area contributed by atoms with Crippen molar-refractivity contribution in [2.75, 3.05) is 5.75 Å². The Balaban J connectivity index is 2.69. The van der Waals surface area contributed by atoms with Crippen molar-refractivity contribution in [2.24, 2.45) is 0 Å². The van der Waals surface area contributed by atoms with Crippen molar-refractivity contribution < 1.29 is 0 Å². The molecule has 3 heteroatoms. The van der Waals surface area contributed by atoms with Gasteiger partial charge in [-0.15, -0.1) is 11.3 Å². The molecule has 1 aromatic rings. The molecule has 1 aromatic heterocycles. The van der Waals surface area contributed by atoms with Gasteiger partial charge in [-0.1, -0.05) is 0 Å². The Hall–Kier alpha value is 0.530. The Kier molecular flexibility index (Phi) is 3.09. The van der Waals surface area contributed by atoms with E-state index in [2.05, 4.69) is 40.0 Å². The standard InChI is InChI=1S/C6H7BrS2/c7-5-2-4-9-6(5)1-3-8/h2,4,8H,1,3H2. The highest BCUT2D eigenvalue weighted by Gasteiger charge is 1.97. The summed E-state index contributed by atoms with van der Waals surface area (Å²) >= 11 is 9.36. The molecular weight excluding hydrogens is 216 g/mol. The Labute approximate surface area is 72.8 Å². The fourth-order valence-electron chi connectivity index (χ4n) is 0.605. The topological polar surface area (TPSA) is 0 Å². The molecule has 0 aliphatic rings. The van der Waals surface area contributed by atoms with Gasteiger partial charge in [0.2, 0.25) is 0 Å². The summed E-state index contributed by atoms with van der Waals surface area (Å²) in [5.74, 6) is 0.930. The van der Waals surface area contributed by atoms with E-state index in [1.54, 1.807) is 11.3 Å². The van der Waals surface area contributed by atoms with Crippen molar-refractivity contribution in [1.29, 1.82) is 0 Å². The van der Waals surface area contributed by atoms with Crippen LogP contribution in [0.15, 0.2) is 15.9 Å². The maximum atomic E-state index is 4.14. The van der Waals surface area contributed by atoms with Gasteiger partial charge in [-0.3, -0.25) is 0 Å². The molecule has 0 unspecified atom stereocenters. The molecule has 0 radical (unpaired) electrons. The highest BCUT2D eigenvalue weighted by molar-refractivity contribution is 9.10. The second-order valence-corrected chi connectivity index (χ2v) is 3.97. The molecule has 0 bridgehead atoms. The van der Waals surface area contributed by atoms with Gasteiger partial charge >= 0.3 is 0 Å². The zero-order valence-corrected chi connectivity index (χ0v) is 8.10. The van der Waals surface area contributed by atoms with Gasteiger partial charge in [0, 0.05) is 9.35 Å². The van der Waals surface area contributed by atoms with Gasteiger partial charge in [-0.05, 0) is 39.6 Å². The van der Waals surface area contributed by atoms with Crippen LogP contribution in [0.3, 0.4) is 0 Å². The van der Waals surface area contributed by atoms with Crippen LogP contribution in [-0.4, -0.2) is 5.75 Å². The van der Waals surface area contributed by atoms with E-state index in [1.807, 2.05) is 0 Å². The molecule has 50 valence electrons. The summed E-state index contributed by atoms with van der Waals surface area (Å²) < 4.78 is 1.22. The van der Waals surface area contributed by atoms with Crippen molar-refractivity contribution in [3.8, 4) is 0 Å². The van der Waals surface area contributed by atoms with E-state index in [9.17, 15) is 0 Å². The fraction of sp³-hybridized carbons (Fsp3) is 0.333. The van der Waals surface area contributed by atoms with E-state index in [4.69, 9.17) is 0 Å². The SMILES string of the molecule is SCCc1sccc1Br. The van der Waals surface area contributed by atoms with Crippen molar-refractivity contribution in [1.82, 2.24) is 0 Å². The highest BCUT2D eigenvalue weighted by Crippen LogP contribution is 2.22. The maximum Gasteiger partial charge on any atom is 0.0314 e. The molecular formula is C6H7BrS2. The van der Waals surface area contributed by atoms with Gasteiger partial charge in [0.25, 0.3) is 0 Å². The van der Waals surface area contributed by atoms with Crippen LogP contribution in [0.5, 0.6) is 0 Å². The molecule has 0 spiro atoms. The van der Waals surface area contributed by atoms with Crippen LogP contribution in [0.25, 0.3) is 0 Å². The van der Waals surface area contributed by atoms with E-state index in [1.165, 1.54) is 9.35 Å². The third-order valence-electron chi connectivity index (χ3n) is 1.03. The highest BCUT2D eigenvalue weighted by atomic mass is 79.9. The summed E-state index contributed by atoms with van der Waals surface area (Å²) in [6.07, 6.45) is 1.07. The number of thiol groups is 1. The zero-order valence-electron chi connectivity index (χ0n) is 4.80. The molecule has 0 amide bonds. The Morgan fingerprint density at radius 2 is 2.44 bits per heavy atom. The van der Waals surface area contributed by atoms with Crippen LogP contribution in [-0.2, 0) is 6.42 Å². The molecule has 1 rings (SSSR count). The molecule has 0 aromatic carbocycles. The summed E-state index contributed by atoms with van der Waals surface area (Å²) in [6.45, 7) is 0. The fourth-order valence-corrected chi connectivity index (χ4v) is 2.53.